The van der Waals surface area contributed by atoms with E-state index >= 15 is 0 Å². The lowest BCUT2D eigenvalue weighted by Gasteiger charge is -2.02. The minimum absolute atomic E-state index is 0.485. The Kier molecular flexibility index (Phi) is 2.42. The molecule has 3 aromatic heterocycles. The Hall–Kier alpha value is -2.47. The van der Waals surface area contributed by atoms with Gasteiger partial charge in [-0.1, -0.05) is 6.07 Å². The second-order valence-electron chi connectivity index (χ2n) is 3.99. The number of aromatic nitrogens is 4. The van der Waals surface area contributed by atoms with E-state index in [-0.39, 0.29) is 0 Å². The van der Waals surface area contributed by atoms with E-state index in [4.69, 9.17) is 11.5 Å². The molecular formula is C12H12N6. The molecule has 3 aromatic rings. The summed E-state index contributed by atoms with van der Waals surface area (Å²) in [6, 6.07) is 5.79. The third-order valence-electron chi connectivity index (χ3n) is 2.80. The lowest BCUT2D eigenvalue weighted by atomic mass is 10.1. The second kappa shape index (κ2) is 4.08. The summed E-state index contributed by atoms with van der Waals surface area (Å²) in [4.78, 5) is 8.58. The molecule has 5 N–H and O–H groups in total. The standard InChI is InChI=1S/C12H12N6/c13-4-7-1-2-10(15-5-7)8-3-9-11(14)17-18-12(9)16-6-8/h1-3,5-6H,4,13H2,(H3,14,16,17,18). The third kappa shape index (κ3) is 1.68. The molecule has 0 aliphatic rings. The summed E-state index contributed by atoms with van der Waals surface area (Å²) in [5, 5.41) is 7.49. The molecule has 6 nitrogen and oxygen atoms in total. The first-order valence-corrected chi connectivity index (χ1v) is 5.53. The number of nitrogen functional groups attached to an aromatic ring is 1. The highest BCUT2D eigenvalue weighted by Gasteiger charge is 2.06. The summed E-state index contributed by atoms with van der Waals surface area (Å²) in [7, 11) is 0. The Labute approximate surface area is 103 Å². The van der Waals surface area contributed by atoms with Crippen LogP contribution in [0, 0.1) is 0 Å². The van der Waals surface area contributed by atoms with Crippen LogP contribution in [0.5, 0.6) is 0 Å². The maximum atomic E-state index is 5.77. The van der Waals surface area contributed by atoms with Crippen molar-refractivity contribution in [3.63, 3.8) is 0 Å². The van der Waals surface area contributed by atoms with Crippen LogP contribution in [0.3, 0.4) is 0 Å². The van der Waals surface area contributed by atoms with Crippen LogP contribution < -0.4 is 11.5 Å². The normalized spacial score (nSPS) is 10.9. The molecule has 0 unspecified atom stereocenters. The van der Waals surface area contributed by atoms with Gasteiger partial charge in [-0.05, 0) is 17.7 Å². The van der Waals surface area contributed by atoms with Crippen molar-refractivity contribution < 1.29 is 0 Å². The van der Waals surface area contributed by atoms with Gasteiger partial charge in [-0.2, -0.15) is 5.10 Å². The molecule has 0 aromatic carbocycles. The maximum absolute atomic E-state index is 5.77. The van der Waals surface area contributed by atoms with Crippen molar-refractivity contribution in [3.8, 4) is 11.3 Å². The van der Waals surface area contributed by atoms with Gasteiger partial charge in [-0.3, -0.25) is 10.1 Å². The summed E-state index contributed by atoms with van der Waals surface area (Å²) in [5.41, 5.74) is 14.7. The van der Waals surface area contributed by atoms with E-state index in [0.29, 0.717) is 18.0 Å². The number of H-pyrrole nitrogens is 1. The topological polar surface area (TPSA) is 106 Å². The highest BCUT2D eigenvalue weighted by molar-refractivity contribution is 5.88. The van der Waals surface area contributed by atoms with Crippen LogP contribution in [0.15, 0.2) is 30.6 Å². The Morgan fingerprint density at radius 2 is 2.06 bits per heavy atom. The molecule has 6 heteroatoms. The summed E-state index contributed by atoms with van der Waals surface area (Å²) >= 11 is 0. The molecule has 3 heterocycles. The number of hydrogen-bond acceptors (Lipinski definition) is 5. The molecular weight excluding hydrogens is 228 g/mol. The zero-order valence-electron chi connectivity index (χ0n) is 9.59. The smallest absolute Gasteiger partial charge is 0.183 e. The zero-order chi connectivity index (χ0) is 12.5. The molecule has 0 aliphatic heterocycles. The van der Waals surface area contributed by atoms with Crippen LogP contribution in [-0.2, 0) is 6.54 Å². The fourth-order valence-electron chi connectivity index (χ4n) is 1.77. The van der Waals surface area contributed by atoms with E-state index in [1.807, 2.05) is 18.2 Å². The molecule has 0 bridgehead atoms. The van der Waals surface area contributed by atoms with Crippen LogP contribution >= 0.6 is 0 Å². The Balaban J connectivity index is 2.09. The number of anilines is 1. The van der Waals surface area contributed by atoms with Gasteiger partial charge in [-0.15, -0.1) is 0 Å². The van der Waals surface area contributed by atoms with E-state index < -0.39 is 0 Å². The molecule has 0 fully saturated rings. The predicted octanol–water partition coefficient (Wildman–Crippen LogP) is 1.06. The van der Waals surface area contributed by atoms with Gasteiger partial charge in [0.2, 0.25) is 0 Å². The van der Waals surface area contributed by atoms with Crippen molar-refractivity contribution in [2.45, 2.75) is 6.54 Å². The number of pyridine rings is 2. The quantitative estimate of drug-likeness (QED) is 0.621. The summed E-state index contributed by atoms with van der Waals surface area (Å²) in [6.07, 6.45) is 3.49. The zero-order valence-corrected chi connectivity index (χ0v) is 9.59. The van der Waals surface area contributed by atoms with Crippen molar-refractivity contribution in [1.29, 1.82) is 0 Å². The Morgan fingerprint density at radius 3 is 2.78 bits per heavy atom. The van der Waals surface area contributed by atoms with E-state index in [9.17, 15) is 0 Å². The molecule has 0 spiro atoms. The van der Waals surface area contributed by atoms with Gasteiger partial charge in [-0.25, -0.2) is 4.98 Å². The van der Waals surface area contributed by atoms with Gasteiger partial charge in [0.15, 0.2) is 5.65 Å². The Morgan fingerprint density at radius 1 is 1.17 bits per heavy atom. The van der Waals surface area contributed by atoms with Crippen LogP contribution in [-0.4, -0.2) is 20.2 Å². The number of fused-ring (bicyclic) bond motifs is 1. The molecule has 3 rings (SSSR count). The number of nitrogens with two attached hydrogens (primary N) is 2. The largest absolute Gasteiger partial charge is 0.384 e. The number of nitrogens with zero attached hydrogens (tertiary/aromatic N) is 3. The molecule has 0 saturated heterocycles. The monoisotopic (exact) mass is 240 g/mol. The molecule has 0 radical (unpaired) electrons. The predicted molar refractivity (Wildman–Crippen MR) is 69.4 cm³/mol. The van der Waals surface area contributed by atoms with Crippen LogP contribution in [0.25, 0.3) is 22.3 Å². The maximum Gasteiger partial charge on any atom is 0.183 e. The number of hydrogen-bond donors (Lipinski definition) is 3. The molecule has 18 heavy (non-hydrogen) atoms. The highest BCUT2D eigenvalue weighted by Crippen LogP contribution is 2.23. The first kappa shape index (κ1) is 10.7. The Bertz CT molecular complexity index is 685. The van der Waals surface area contributed by atoms with Crippen molar-refractivity contribution in [2.24, 2.45) is 5.73 Å². The fourth-order valence-corrected chi connectivity index (χ4v) is 1.77. The molecule has 0 atom stereocenters. The fraction of sp³-hybridized carbons (Fsp3) is 0.0833. The average Bonchev–Trinajstić information content (AvgIpc) is 2.80. The number of aromatic amines is 1. The lowest BCUT2D eigenvalue weighted by Crippen LogP contribution is -1.97. The van der Waals surface area contributed by atoms with Gasteiger partial charge in [0.05, 0.1) is 11.1 Å². The highest BCUT2D eigenvalue weighted by atomic mass is 15.2. The SMILES string of the molecule is NCc1ccc(-c2cnc3n[nH]c(N)c3c2)nc1. The van der Waals surface area contributed by atoms with Crippen molar-refractivity contribution in [3.05, 3.63) is 36.2 Å². The molecule has 0 aliphatic carbocycles. The molecule has 90 valence electrons. The van der Waals surface area contributed by atoms with Crippen LogP contribution in [0.2, 0.25) is 0 Å². The number of rotatable bonds is 2. The van der Waals surface area contributed by atoms with E-state index in [1.54, 1.807) is 12.4 Å². The van der Waals surface area contributed by atoms with Crippen LogP contribution in [0.4, 0.5) is 5.82 Å². The van der Waals surface area contributed by atoms with Crippen molar-refractivity contribution in [1.82, 2.24) is 20.2 Å². The van der Waals surface area contributed by atoms with Gasteiger partial charge >= 0.3 is 0 Å². The first-order chi connectivity index (χ1) is 8.78. The summed E-state index contributed by atoms with van der Waals surface area (Å²) in [5.74, 6) is 0.512. The third-order valence-corrected chi connectivity index (χ3v) is 2.80. The van der Waals surface area contributed by atoms with Gasteiger partial charge in [0, 0.05) is 24.5 Å². The average molecular weight is 240 g/mol. The first-order valence-electron chi connectivity index (χ1n) is 5.53. The molecule has 0 amide bonds. The van der Waals surface area contributed by atoms with Gasteiger partial charge < -0.3 is 11.5 Å². The summed E-state index contributed by atoms with van der Waals surface area (Å²) in [6.45, 7) is 0.485. The summed E-state index contributed by atoms with van der Waals surface area (Å²) < 4.78 is 0. The van der Waals surface area contributed by atoms with E-state index in [1.165, 1.54) is 0 Å². The second-order valence-corrected chi connectivity index (χ2v) is 3.99. The van der Waals surface area contributed by atoms with Gasteiger partial charge in [0.1, 0.15) is 5.82 Å². The minimum atomic E-state index is 0.485. The molecule has 0 saturated carbocycles. The van der Waals surface area contributed by atoms with Gasteiger partial charge in [0.25, 0.3) is 0 Å². The van der Waals surface area contributed by atoms with E-state index in [0.717, 1.165) is 22.2 Å². The van der Waals surface area contributed by atoms with E-state index in [2.05, 4.69) is 20.2 Å². The number of nitrogens with one attached hydrogen (secondary N) is 1. The van der Waals surface area contributed by atoms with Crippen molar-refractivity contribution >= 4 is 16.9 Å². The lowest BCUT2D eigenvalue weighted by molar-refractivity contribution is 1.05. The van der Waals surface area contributed by atoms with Crippen molar-refractivity contribution in [2.75, 3.05) is 5.73 Å². The van der Waals surface area contributed by atoms with Crippen LogP contribution in [0.1, 0.15) is 5.56 Å². The minimum Gasteiger partial charge on any atom is -0.384 e.